The number of ether oxygens (including phenoxy) is 1. The molecule has 1 N–H and O–H groups in total. The van der Waals surface area contributed by atoms with Gasteiger partial charge in [-0.15, -0.1) is 0 Å². The summed E-state index contributed by atoms with van der Waals surface area (Å²) in [6, 6.07) is 12.2. The first-order valence-corrected chi connectivity index (χ1v) is 8.23. The van der Waals surface area contributed by atoms with Gasteiger partial charge in [0.1, 0.15) is 11.6 Å². The monoisotopic (exact) mass is 323 g/mol. The van der Waals surface area contributed by atoms with Crippen LogP contribution in [0.2, 0.25) is 0 Å². The zero-order valence-electron chi connectivity index (χ0n) is 13.8. The van der Waals surface area contributed by atoms with Gasteiger partial charge in [-0.1, -0.05) is 18.2 Å². The molecule has 3 heterocycles. The number of nitrogens with one attached hydrogen (secondary N) is 1. The third kappa shape index (κ3) is 2.92. The molecule has 1 aromatic carbocycles. The number of methoxy groups -OCH3 is 1. The summed E-state index contributed by atoms with van der Waals surface area (Å²) in [6.07, 6.45) is 1.78. The van der Waals surface area contributed by atoms with Crippen molar-refractivity contribution in [3.63, 3.8) is 0 Å². The van der Waals surface area contributed by atoms with Crippen molar-refractivity contribution in [1.82, 2.24) is 20.1 Å². The molecule has 0 radical (unpaired) electrons. The van der Waals surface area contributed by atoms with Crippen molar-refractivity contribution in [1.29, 1.82) is 0 Å². The minimum Gasteiger partial charge on any atom is -0.495 e. The lowest BCUT2D eigenvalue weighted by Gasteiger charge is -2.35. The van der Waals surface area contributed by atoms with Crippen LogP contribution < -0.4 is 9.64 Å². The maximum absolute atomic E-state index is 5.17. The Bertz CT molecular complexity index is 806. The number of nitrogens with zero attached hydrogens (tertiary/aromatic N) is 4. The van der Waals surface area contributed by atoms with Crippen molar-refractivity contribution < 1.29 is 4.74 Å². The fourth-order valence-electron chi connectivity index (χ4n) is 3.17. The van der Waals surface area contributed by atoms with Crippen LogP contribution in [-0.2, 0) is 6.54 Å². The Labute approximate surface area is 141 Å². The zero-order chi connectivity index (χ0) is 16.4. The van der Waals surface area contributed by atoms with Crippen molar-refractivity contribution in [2.45, 2.75) is 6.54 Å². The summed E-state index contributed by atoms with van der Waals surface area (Å²) in [5.41, 5.74) is 2.23. The van der Waals surface area contributed by atoms with Crippen LogP contribution in [0.15, 0.2) is 42.6 Å². The number of anilines is 1. The molecular weight excluding hydrogens is 302 g/mol. The van der Waals surface area contributed by atoms with Crippen LogP contribution in [0, 0.1) is 0 Å². The molecule has 1 aliphatic rings. The molecule has 124 valence electrons. The SMILES string of the molecule is COc1ccc(N2CCN(Cc3[nH]nc4ccccc34)CC2)nc1. The van der Waals surface area contributed by atoms with Crippen LogP contribution in [0.3, 0.4) is 0 Å². The van der Waals surface area contributed by atoms with E-state index in [4.69, 9.17) is 4.74 Å². The van der Waals surface area contributed by atoms with Crippen LogP contribution in [0.25, 0.3) is 10.9 Å². The predicted molar refractivity (Wildman–Crippen MR) is 94.4 cm³/mol. The molecule has 6 nitrogen and oxygen atoms in total. The van der Waals surface area contributed by atoms with E-state index < -0.39 is 0 Å². The molecule has 6 heteroatoms. The molecule has 3 aromatic rings. The molecule has 1 fully saturated rings. The van der Waals surface area contributed by atoms with Gasteiger partial charge in [-0.05, 0) is 18.2 Å². The van der Waals surface area contributed by atoms with Gasteiger partial charge >= 0.3 is 0 Å². The molecule has 0 amide bonds. The molecule has 24 heavy (non-hydrogen) atoms. The number of para-hydroxylation sites is 1. The second-order valence-electron chi connectivity index (χ2n) is 6.04. The highest BCUT2D eigenvalue weighted by Gasteiger charge is 2.19. The highest BCUT2D eigenvalue weighted by atomic mass is 16.5. The number of aromatic amines is 1. The summed E-state index contributed by atoms with van der Waals surface area (Å²) in [5, 5.41) is 8.78. The number of hydrogen-bond donors (Lipinski definition) is 1. The second kappa shape index (κ2) is 6.49. The fourth-order valence-corrected chi connectivity index (χ4v) is 3.17. The highest BCUT2D eigenvalue weighted by molar-refractivity contribution is 5.81. The van der Waals surface area contributed by atoms with E-state index in [0.29, 0.717) is 0 Å². The number of benzene rings is 1. The van der Waals surface area contributed by atoms with Gasteiger partial charge in [-0.3, -0.25) is 10.00 Å². The molecule has 0 aliphatic carbocycles. The Morgan fingerprint density at radius 2 is 1.92 bits per heavy atom. The molecule has 2 aromatic heterocycles. The largest absolute Gasteiger partial charge is 0.495 e. The Hall–Kier alpha value is -2.60. The summed E-state index contributed by atoms with van der Waals surface area (Å²) < 4.78 is 5.17. The van der Waals surface area contributed by atoms with Gasteiger partial charge < -0.3 is 9.64 Å². The van der Waals surface area contributed by atoms with E-state index in [9.17, 15) is 0 Å². The van der Waals surface area contributed by atoms with Gasteiger partial charge in [0.15, 0.2) is 0 Å². The molecule has 0 saturated carbocycles. The van der Waals surface area contributed by atoms with E-state index in [0.717, 1.165) is 49.8 Å². The topological polar surface area (TPSA) is 57.3 Å². The minimum absolute atomic E-state index is 0.795. The average Bonchev–Trinajstić information content (AvgIpc) is 3.06. The molecular formula is C18H21N5O. The summed E-state index contributed by atoms with van der Waals surface area (Å²) in [7, 11) is 1.66. The molecule has 0 bridgehead atoms. The lowest BCUT2D eigenvalue weighted by molar-refractivity contribution is 0.247. The number of fused-ring (bicyclic) bond motifs is 1. The molecule has 1 saturated heterocycles. The summed E-state index contributed by atoms with van der Waals surface area (Å²) >= 11 is 0. The quantitative estimate of drug-likeness (QED) is 0.798. The van der Waals surface area contributed by atoms with Crippen molar-refractivity contribution in [2.75, 3.05) is 38.2 Å². The normalized spacial score (nSPS) is 15.8. The van der Waals surface area contributed by atoms with Gasteiger partial charge in [0.25, 0.3) is 0 Å². The first kappa shape index (κ1) is 15.0. The Morgan fingerprint density at radius 3 is 2.67 bits per heavy atom. The van der Waals surface area contributed by atoms with E-state index in [1.54, 1.807) is 13.3 Å². The van der Waals surface area contributed by atoms with Gasteiger partial charge in [0, 0.05) is 38.1 Å². The fraction of sp³-hybridized carbons (Fsp3) is 0.333. The van der Waals surface area contributed by atoms with Crippen LogP contribution in [-0.4, -0.2) is 53.4 Å². The first-order chi connectivity index (χ1) is 11.8. The molecule has 0 spiro atoms. The van der Waals surface area contributed by atoms with Crippen molar-refractivity contribution >= 4 is 16.7 Å². The Balaban J connectivity index is 1.39. The molecule has 0 atom stereocenters. The van der Waals surface area contributed by atoms with E-state index in [1.165, 1.54) is 11.1 Å². The van der Waals surface area contributed by atoms with E-state index in [-0.39, 0.29) is 0 Å². The maximum Gasteiger partial charge on any atom is 0.137 e. The minimum atomic E-state index is 0.795. The van der Waals surface area contributed by atoms with Crippen LogP contribution >= 0.6 is 0 Å². The average molecular weight is 323 g/mol. The zero-order valence-corrected chi connectivity index (χ0v) is 13.8. The second-order valence-corrected chi connectivity index (χ2v) is 6.04. The maximum atomic E-state index is 5.17. The number of piperazine rings is 1. The molecule has 0 unspecified atom stereocenters. The smallest absolute Gasteiger partial charge is 0.137 e. The standard InChI is InChI=1S/C18H21N5O/c1-24-14-6-7-18(19-12-14)23-10-8-22(9-11-23)13-17-15-4-2-3-5-16(15)20-21-17/h2-7,12H,8-11,13H2,1H3,(H,20,21). The van der Waals surface area contributed by atoms with E-state index >= 15 is 0 Å². The van der Waals surface area contributed by atoms with Crippen LogP contribution in [0.1, 0.15) is 5.69 Å². The summed E-state index contributed by atoms with van der Waals surface area (Å²) in [6.45, 7) is 4.89. The number of hydrogen-bond acceptors (Lipinski definition) is 5. The lowest BCUT2D eigenvalue weighted by atomic mass is 10.2. The third-order valence-electron chi connectivity index (χ3n) is 4.57. The number of pyridine rings is 1. The van der Waals surface area contributed by atoms with Crippen molar-refractivity contribution in [2.24, 2.45) is 0 Å². The summed E-state index contributed by atoms with van der Waals surface area (Å²) in [4.78, 5) is 9.26. The third-order valence-corrected chi connectivity index (χ3v) is 4.57. The molecule has 4 rings (SSSR count). The van der Waals surface area contributed by atoms with Crippen molar-refractivity contribution in [3.8, 4) is 5.75 Å². The van der Waals surface area contributed by atoms with Gasteiger partial charge in [-0.25, -0.2) is 4.98 Å². The lowest BCUT2D eigenvalue weighted by Crippen LogP contribution is -2.46. The Kier molecular flexibility index (Phi) is 4.04. The van der Waals surface area contributed by atoms with E-state index in [1.807, 2.05) is 24.3 Å². The van der Waals surface area contributed by atoms with Gasteiger partial charge in [0.05, 0.1) is 24.5 Å². The number of H-pyrrole nitrogens is 1. The Morgan fingerprint density at radius 1 is 1.08 bits per heavy atom. The summed E-state index contributed by atoms with van der Waals surface area (Å²) in [5.74, 6) is 1.81. The van der Waals surface area contributed by atoms with Crippen LogP contribution in [0.5, 0.6) is 5.75 Å². The van der Waals surface area contributed by atoms with Gasteiger partial charge in [-0.2, -0.15) is 5.10 Å². The number of rotatable bonds is 4. The molecule has 1 aliphatic heterocycles. The van der Waals surface area contributed by atoms with Crippen molar-refractivity contribution in [3.05, 3.63) is 48.3 Å². The first-order valence-electron chi connectivity index (χ1n) is 8.23. The van der Waals surface area contributed by atoms with E-state index in [2.05, 4.69) is 37.1 Å². The predicted octanol–water partition coefficient (Wildman–Crippen LogP) is 2.29. The highest BCUT2D eigenvalue weighted by Crippen LogP contribution is 2.20. The number of aromatic nitrogens is 3. The van der Waals surface area contributed by atoms with Gasteiger partial charge in [0.2, 0.25) is 0 Å². The van der Waals surface area contributed by atoms with Crippen LogP contribution in [0.4, 0.5) is 5.82 Å².